The molecular weight excluding hydrogens is 1940 g/mol. The molecule has 4 fully saturated rings. The van der Waals surface area contributed by atoms with Crippen molar-refractivity contribution in [3.8, 4) is 0 Å². The van der Waals surface area contributed by atoms with E-state index in [1.54, 1.807) is 81.3 Å². The summed E-state index contributed by atoms with van der Waals surface area (Å²) in [6, 6.07) is 60.4. The Kier molecular flexibility index (Phi) is 26.3. The first-order valence-electron chi connectivity index (χ1n) is 49.9. The van der Waals surface area contributed by atoms with E-state index in [4.69, 9.17) is 21.1 Å². The van der Waals surface area contributed by atoms with Crippen LogP contribution in [-0.4, -0.2) is 162 Å². The molecule has 0 radical (unpaired) electrons. The van der Waals surface area contributed by atoms with Crippen LogP contribution in [0.5, 0.6) is 0 Å². The number of hydrogen-bond donors (Lipinski definition) is 8. The summed E-state index contributed by atoms with van der Waals surface area (Å²) in [4.78, 5) is 180. The van der Waals surface area contributed by atoms with E-state index in [9.17, 15) is 75.1 Å². The summed E-state index contributed by atoms with van der Waals surface area (Å²) in [6.45, 7) is 8.74. The van der Waals surface area contributed by atoms with Gasteiger partial charge in [-0.2, -0.15) is 0 Å². The van der Waals surface area contributed by atoms with Crippen LogP contribution in [-0.2, 0) is 140 Å². The second kappa shape index (κ2) is 39.5. The minimum atomic E-state index is -1.000. The zero-order valence-corrected chi connectivity index (χ0v) is 83.3. The lowest BCUT2D eigenvalue weighted by Crippen LogP contribution is -2.56. The van der Waals surface area contributed by atoms with Gasteiger partial charge in [-0.05, 0) is 243 Å². The number of hydrogen-bond acceptors (Lipinski definition) is 18. The summed E-state index contributed by atoms with van der Waals surface area (Å²) in [5, 5.41) is 22.6. The van der Waals surface area contributed by atoms with E-state index < -0.39 is 84.9 Å². The second-order valence-corrected chi connectivity index (χ2v) is 42.1. The maximum absolute atomic E-state index is 15.0. The predicted octanol–water partition coefficient (Wildman–Crippen LogP) is 15.6. The molecule has 4 saturated heterocycles. The molecule has 150 heavy (non-hydrogen) atoms. The third kappa shape index (κ3) is 18.7. The highest BCUT2D eigenvalue weighted by molar-refractivity contribution is 6.31. The van der Waals surface area contributed by atoms with Gasteiger partial charge in [-0.15, -0.1) is 0 Å². The van der Waals surface area contributed by atoms with Crippen molar-refractivity contribution in [3.63, 3.8) is 0 Å². The molecule has 24 rings (SSSR count). The molecule has 4 aromatic heterocycles. The zero-order chi connectivity index (χ0) is 105. The monoisotopic (exact) mass is 2040 g/mol. The average Bonchev–Trinajstić information content (AvgIpc) is 1.58. The number of ether oxygens (including phenoxy) is 2. The first-order chi connectivity index (χ1) is 72.0. The summed E-state index contributed by atoms with van der Waals surface area (Å²) < 4.78 is 67.9. The fourth-order valence-electron chi connectivity index (χ4n) is 23.6. The molecule has 764 valence electrons. The van der Waals surface area contributed by atoms with Gasteiger partial charge < -0.3 is 71.6 Å². The largest absolute Gasteiger partial charge is 0.369 e. The molecule has 0 saturated carbocycles. The predicted molar refractivity (Wildman–Crippen MR) is 549 cm³/mol. The summed E-state index contributed by atoms with van der Waals surface area (Å²) in [7, 11) is 0. The zero-order valence-electron chi connectivity index (χ0n) is 82.5. The van der Waals surface area contributed by atoms with Crippen LogP contribution in [0.2, 0.25) is 5.02 Å². The Hall–Kier alpha value is -16.1. The van der Waals surface area contributed by atoms with Crippen molar-refractivity contribution in [1.82, 2.24) is 39.5 Å². The maximum atomic E-state index is 15.0. The molecule has 30 nitrogen and oxygen atoms in total. The number of rotatable bonds is 16. The number of nitrogens with zero attached hydrogens (tertiary/aromatic N) is 8. The van der Waals surface area contributed by atoms with Crippen molar-refractivity contribution in [1.29, 1.82) is 0 Å². The van der Waals surface area contributed by atoms with Gasteiger partial charge >= 0.3 is 0 Å². The number of carbonyl (C=O) groups is 12. The van der Waals surface area contributed by atoms with E-state index in [0.717, 1.165) is 90.0 Å². The van der Waals surface area contributed by atoms with E-state index in [2.05, 4.69) is 62.5 Å². The molecule has 12 aliphatic rings. The number of carbonyl (C=O) groups excluding carboxylic acids is 12. The molecule has 12 aromatic rings. The number of likely N-dealkylation sites (tertiary alicyclic amines) is 2. The van der Waals surface area contributed by atoms with Crippen LogP contribution in [0.15, 0.2) is 237 Å². The Morgan fingerprint density at radius 3 is 1.15 bits per heavy atom. The van der Waals surface area contributed by atoms with E-state index in [-0.39, 0.29) is 115 Å². The molecule has 12 heterocycles. The number of piperidine rings is 2. The number of fused-ring (bicyclic) bond motifs is 12. The van der Waals surface area contributed by atoms with Gasteiger partial charge in [-0.1, -0.05) is 148 Å². The highest BCUT2D eigenvalue weighted by Gasteiger charge is 2.57. The van der Waals surface area contributed by atoms with Crippen molar-refractivity contribution in [2.45, 2.75) is 163 Å². The third-order valence-electron chi connectivity index (χ3n) is 31.3. The highest BCUT2D eigenvalue weighted by Crippen LogP contribution is 2.53. The van der Waals surface area contributed by atoms with Crippen LogP contribution < -0.4 is 42.5 Å². The number of pyridine rings is 4. The minimum absolute atomic E-state index is 0.0318. The molecule has 35 heteroatoms. The van der Waals surface area contributed by atoms with Gasteiger partial charge in [-0.25, -0.2) is 37.5 Å². The molecule has 9 atom stereocenters. The SMILES string of the molecule is CC1(C)CCC(c2ccc(F)c(Cl)c2F)N(CC(=O)Nc2ccc3c(c2)CC2(C3)C(=O)Nc3ncccc32)C1=O.CC1(C)OCC(c2ccccc2)N(CC(=O)Nc2ccc3c(c2)CC2(C3)C(=O)Nc3ncccc32)C1=O.CC1CCC(c2cc(F)cc(F)c2)N(CC(=O)Nc2ccc3c(c2)CC2(C3)C(=O)Nc3ncccc32)C1=O.O=C(CN1C(=O)COCC1c1ccccc1)Nc1ccc2c(c1)CC1(C2)C(=O)Nc2ncccc21. The van der Waals surface area contributed by atoms with Crippen LogP contribution in [0, 0.1) is 34.6 Å². The van der Waals surface area contributed by atoms with Gasteiger partial charge in [0.1, 0.15) is 89.9 Å². The number of halogens is 5. The normalized spacial score (nSPS) is 23.2. The van der Waals surface area contributed by atoms with Gasteiger partial charge in [0.15, 0.2) is 0 Å². The number of anilines is 8. The average molecular weight is 2050 g/mol. The molecule has 8 aromatic carbocycles. The number of aromatic nitrogens is 4. The van der Waals surface area contributed by atoms with Crippen molar-refractivity contribution in [2.75, 3.05) is 88.5 Å². The van der Waals surface area contributed by atoms with Crippen LogP contribution in [0.3, 0.4) is 0 Å². The van der Waals surface area contributed by atoms with E-state index in [1.807, 2.05) is 170 Å². The molecule has 0 bridgehead atoms. The van der Waals surface area contributed by atoms with Gasteiger partial charge in [0.05, 0.1) is 59.0 Å². The first-order valence-corrected chi connectivity index (χ1v) is 50.3. The third-order valence-corrected chi connectivity index (χ3v) is 31.7. The van der Waals surface area contributed by atoms with E-state index in [1.165, 1.54) is 28.0 Å². The van der Waals surface area contributed by atoms with E-state index in [0.29, 0.717) is 142 Å². The van der Waals surface area contributed by atoms with Crippen molar-refractivity contribution >= 4 is 129 Å². The van der Waals surface area contributed by atoms with Crippen molar-refractivity contribution in [3.05, 3.63) is 354 Å². The second-order valence-electron chi connectivity index (χ2n) is 41.7. The standard InChI is InChI=1S/C30H27ClF2N4O3.C29H26F2N4O3.C29H28N4O4.C27H24N4O4/c1-29(2)10-9-22(19-7-8-21(32)24(31)25(19)33)37(28(29)40)15-23(38)35-18-6-5-16-13-30(14-17(16)12-18)20-4-3-11-34-26(20)36-27(30)39;1-16-4-7-24(18-9-20(30)12-21(31)10-18)35(27(16)37)15-25(36)33-22-6-5-17-13-29(14-19(17)11-22)23-3-2-8-32-26(23)34-28(29)38;1-28(2)27(36)33(23(17-37-28)18-7-4-3-5-8-18)16-24(34)31-21-11-10-19-14-29(15-20(19)13-21)22-9-6-12-30-25(22)32-26(29)35;32-23(14-31-22(15-35-16-24(31)33)17-5-2-1-3-6-17)29-20-9-8-18-12-27(13-19(18)11-20)21-7-4-10-28-25(21)30-26(27)34/h3-8,11-12,22H,9-10,13-15H2,1-2H3,(H,35,38)(H,34,36,39);2-3,5-6,8-12,16,24H,4,7,13-15H2,1H3,(H,33,36)(H,32,34,38);3-13,23H,14-17H2,1-2H3,(H,31,34)(H,30,32,35);1-11,22H,12-16H2,(H,29,32)(H,28,30,34). The molecule has 9 unspecified atom stereocenters. The Morgan fingerprint density at radius 1 is 0.387 bits per heavy atom. The number of amides is 12. The van der Waals surface area contributed by atoms with Crippen LogP contribution in [0.4, 0.5) is 63.6 Å². The smallest absolute Gasteiger partial charge is 0.255 e. The molecule has 8 N–H and O–H groups in total. The molecule has 8 aliphatic heterocycles. The molecule has 12 amide bonds. The van der Waals surface area contributed by atoms with Crippen LogP contribution >= 0.6 is 11.6 Å². The number of benzene rings is 8. The lowest BCUT2D eigenvalue weighted by molar-refractivity contribution is -0.175. The van der Waals surface area contributed by atoms with Gasteiger partial charge in [-0.3, -0.25) is 57.5 Å². The topological polar surface area (TPSA) is 384 Å². The van der Waals surface area contributed by atoms with Gasteiger partial charge in [0, 0.05) is 92.8 Å². The summed E-state index contributed by atoms with van der Waals surface area (Å²) in [5.74, 6) is -3.74. The Bertz CT molecular complexity index is 7590. The van der Waals surface area contributed by atoms with E-state index >= 15 is 0 Å². The van der Waals surface area contributed by atoms with Gasteiger partial charge in [0.25, 0.3) is 5.91 Å². The fourth-order valence-corrected chi connectivity index (χ4v) is 23.8. The minimum Gasteiger partial charge on any atom is -0.369 e. The number of nitrogens with one attached hydrogen (secondary N) is 8. The van der Waals surface area contributed by atoms with Crippen molar-refractivity contribution in [2.24, 2.45) is 11.3 Å². The van der Waals surface area contributed by atoms with Crippen molar-refractivity contribution < 1.29 is 84.6 Å². The summed E-state index contributed by atoms with van der Waals surface area (Å²) in [5.41, 5.74) is 11.9. The molecule has 4 spiro atoms. The Labute approximate surface area is 865 Å². The quantitative estimate of drug-likeness (QED) is 0.0329. The highest BCUT2D eigenvalue weighted by atomic mass is 35.5. The fraction of sp³-hybridized carbons (Fsp3) is 0.304. The first kappa shape index (κ1) is 99.9. The van der Waals surface area contributed by atoms with Gasteiger partial charge in [0.2, 0.25) is 65.0 Å². The summed E-state index contributed by atoms with van der Waals surface area (Å²) in [6.07, 6.45) is 12.9. The molecule has 4 aliphatic carbocycles. The molecular formula is C115H105ClF4N16O14. The number of morpholine rings is 2. The van der Waals surface area contributed by atoms with Crippen LogP contribution in [0.1, 0.15) is 173 Å². The Balaban J connectivity index is 0.000000117. The maximum Gasteiger partial charge on any atom is 0.255 e. The Morgan fingerprint density at radius 2 is 0.753 bits per heavy atom. The summed E-state index contributed by atoms with van der Waals surface area (Å²) >= 11 is 5.82. The lowest BCUT2D eigenvalue weighted by Gasteiger charge is -2.43. The van der Waals surface area contributed by atoms with Crippen LogP contribution in [0.25, 0.3) is 0 Å². The lowest BCUT2D eigenvalue weighted by atomic mass is 9.78.